The second kappa shape index (κ2) is 8.34. The minimum Gasteiger partial charge on any atom is -0.312 e. The van der Waals surface area contributed by atoms with Crippen LogP contribution >= 0.6 is 11.8 Å². The minimum absolute atomic E-state index is 0.0948. The summed E-state index contributed by atoms with van der Waals surface area (Å²) < 4.78 is 1.87. The minimum atomic E-state index is -0.297. The van der Waals surface area contributed by atoms with Gasteiger partial charge < -0.3 is 4.57 Å². The van der Waals surface area contributed by atoms with Crippen LogP contribution in [0.5, 0.6) is 0 Å². The third kappa shape index (κ3) is 4.38. The van der Waals surface area contributed by atoms with E-state index >= 15 is 0 Å². The van der Waals surface area contributed by atoms with E-state index in [1.165, 1.54) is 25.7 Å². The molecule has 2 aromatic rings. The topological polar surface area (TPSA) is 88.9 Å². The van der Waals surface area contributed by atoms with E-state index in [2.05, 4.69) is 21.0 Å². The molecule has 3 atom stereocenters. The number of nitrogens with zero attached hydrogens (tertiary/aromatic N) is 3. The third-order valence-corrected chi connectivity index (χ3v) is 7.01. The number of benzene rings is 1. The number of aromatic nitrogens is 3. The molecule has 2 aliphatic rings. The van der Waals surface area contributed by atoms with Gasteiger partial charge in [0.25, 0.3) is 5.91 Å². The van der Waals surface area contributed by atoms with Gasteiger partial charge in [-0.05, 0) is 54.7 Å². The Labute approximate surface area is 168 Å². The molecule has 148 valence electrons. The molecule has 0 saturated heterocycles. The van der Waals surface area contributed by atoms with E-state index in [1.54, 1.807) is 30.2 Å². The average Bonchev–Trinajstić information content (AvgIpc) is 3.42. The molecule has 4 rings (SSSR count). The fourth-order valence-corrected chi connectivity index (χ4v) is 5.26. The zero-order valence-corrected chi connectivity index (χ0v) is 16.7. The van der Waals surface area contributed by atoms with Crippen molar-refractivity contribution >= 4 is 23.6 Å². The number of amides is 2. The Morgan fingerprint density at radius 1 is 1.18 bits per heavy atom. The van der Waals surface area contributed by atoms with Crippen LogP contribution in [0.4, 0.5) is 0 Å². The largest absolute Gasteiger partial charge is 0.312 e. The highest BCUT2D eigenvalue weighted by Gasteiger charge is 2.40. The second-order valence-electron chi connectivity index (χ2n) is 7.85. The monoisotopic (exact) mass is 399 g/mol. The highest BCUT2D eigenvalue weighted by atomic mass is 32.2. The van der Waals surface area contributed by atoms with Crippen LogP contribution in [-0.2, 0) is 17.6 Å². The maximum atomic E-state index is 12.3. The predicted molar refractivity (Wildman–Crippen MR) is 106 cm³/mol. The van der Waals surface area contributed by atoms with Gasteiger partial charge >= 0.3 is 0 Å². The molecule has 7 nitrogen and oxygen atoms in total. The van der Waals surface area contributed by atoms with E-state index in [1.807, 2.05) is 23.7 Å². The molecule has 2 amide bonds. The first-order chi connectivity index (χ1) is 13.6. The van der Waals surface area contributed by atoms with Crippen LogP contribution in [0.15, 0.2) is 35.7 Å². The van der Waals surface area contributed by atoms with Gasteiger partial charge in [-0.25, -0.2) is 0 Å². The summed E-state index contributed by atoms with van der Waals surface area (Å²) in [5, 5.41) is 8.74. The molecule has 2 fully saturated rings. The first-order valence-corrected chi connectivity index (χ1v) is 10.7. The molecular formula is C20H25N5O2S. The predicted octanol–water partition coefficient (Wildman–Crippen LogP) is 2.69. The number of carbonyl (C=O) groups is 2. The number of aryl methyl sites for hydroxylation is 1. The number of rotatable bonds is 6. The summed E-state index contributed by atoms with van der Waals surface area (Å²) in [6.07, 6.45) is 7.22. The lowest BCUT2D eigenvalue weighted by Gasteiger charge is -2.20. The summed E-state index contributed by atoms with van der Waals surface area (Å²) >= 11 is 1.59. The summed E-state index contributed by atoms with van der Waals surface area (Å²) in [7, 11) is 1.90. The Morgan fingerprint density at radius 2 is 2.00 bits per heavy atom. The molecule has 0 radical (unpaired) electrons. The lowest BCUT2D eigenvalue weighted by molar-refractivity contribution is -0.123. The number of nitrogens with one attached hydrogen (secondary N) is 2. The van der Waals surface area contributed by atoms with Crippen LogP contribution in [-0.4, -0.2) is 26.6 Å². The molecule has 1 aromatic heterocycles. The standard InChI is InChI=1S/C20H25N5O2S/c1-25-12-21-24-20(25)28-11-13-2-5-15(6-3-13)19(27)23-22-18(26)10-17-9-14-4-7-16(17)8-14/h2-3,5-6,12,14,16-17H,4,7-11H2,1H3,(H,22,26)(H,23,27)/t14-,16-,17-/m0/s1. The number of carbonyl (C=O) groups excluding carboxylic acids is 2. The molecule has 0 aliphatic heterocycles. The van der Waals surface area contributed by atoms with Crippen molar-refractivity contribution < 1.29 is 9.59 Å². The summed E-state index contributed by atoms with van der Waals surface area (Å²) in [6, 6.07) is 7.36. The van der Waals surface area contributed by atoms with Gasteiger partial charge in [-0.3, -0.25) is 20.4 Å². The summed E-state index contributed by atoms with van der Waals surface area (Å²) in [6.45, 7) is 0. The molecule has 2 aliphatic carbocycles. The van der Waals surface area contributed by atoms with Crippen molar-refractivity contribution in [2.45, 2.75) is 43.0 Å². The maximum Gasteiger partial charge on any atom is 0.269 e. The van der Waals surface area contributed by atoms with Gasteiger partial charge in [0, 0.05) is 24.8 Å². The number of hydrazine groups is 1. The fraction of sp³-hybridized carbons (Fsp3) is 0.500. The van der Waals surface area contributed by atoms with Crippen LogP contribution in [0.3, 0.4) is 0 Å². The van der Waals surface area contributed by atoms with E-state index in [4.69, 9.17) is 0 Å². The number of thioether (sulfide) groups is 1. The Kier molecular flexibility index (Phi) is 5.66. The van der Waals surface area contributed by atoms with Gasteiger partial charge in [0.15, 0.2) is 5.16 Å². The SMILES string of the molecule is Cn1cnnc1SCc1ccc(C(=O)NNC(=O)C[C@@H]2C[C@H]3CC[C@H]2C3)cc1. The molecule has 0 unspecified atom stereocenters. The lowest BCUT2D eigenvalue weighted by Crippen LogP contribution is -2.42. The van der Waals surface area contributed by atoms with Gasteiger partial charge in [-0.1, -0.05) is 30.3 Å². The van der Waals surface area contributed by atoms with E-state index in [-0.39, 0.29) is 11.8 Å². The average molecular weight is 400 g/mol. The zero-order chi connectivity index (χ0) is 19.5. The maximum absolute atomic E-state index is 12.3. The van der Waals surface area contributed by atoms with Crippen molar-refractivity contribution in [3.63, 3.8) is 0 Å². The van der Waals surface area contributed by atoms with E-state index in [0.717, 1.165) is 22.4 Å². The highest BCUT2D eigenvalue weighted by molar-refractivity contribution is 7.98. The summed E-state index contributed by atoms with van der Waals surface area (Å²) in [5.74, 6) is 2.37. The van der Waals surface area contributed by atoms with Gasteiger partial charge in [-0.15, -0.1) is 10.2 Å². The molecule has 2 N–H and O–H groups in total. The van der Waals surface area contributed by atoms with Crippen LogP contribution in [0, 0.1) is 17.8 Å². The Morgan fingerprint density at radius 3 is 2.64 bits per heavy atom. The molecule has 1 heterocycles. The van der Waals surface area contributed by atoms with Crippen LogP contribution in [0.1, 0.15) is 48.0 Å². The highest BCUT2D eigenvalue weighted by Crippen LogP contribution is 2.49. The zero-order valence-electron chi connectivity index (χ0n) is 15.9. The molecule has 0 spiro atoms. The summed E-state index contributed by atoms with van der Waals surface area (Å²) in [4.78, 5) is 24.4. The second-order valence-corrected chi connectivity index (χ2v) is 8.79. The first kappa shape index (κ1) is 19.0. The quantitative estimate of drug-likeness (QED) is 0.576. The number of hydrogen-bond donors (Lipinski definition) is 2. The Hall–Kier alpha value is -2.35. The van der Waals surface area contributed by atoms with E-state index < -0.39 is 0 Å². The van der Waals surface area contributed by atoms with Crippen LogP contribution in [0.2, 0.25) is 0 Å². The van der Waals surface area contributed by atoms with Gasteiger partial charge in [-0.2, -0.15) is 0 Å². The smallest absolute Gasteiger partial charge is 0.269 e. The van der Waals surface area contributed by atoms with Gasteiger partial charge in [0.2, 0.25) is 5.91 Å². The van der Waals surface area contributed by atoms with Crippen LogP contribution in [0.25, 0.3) is 0 Å². The van der Waals surface area contributed by atoms with Gasteiger partial charge in [0.1, 0.15) is 6.33 Å². The molecular weight excluding hydrogens is 374 g/mol. The normalized spacial score (nSPS) is 23.0. The lowest BCUT2D eigenvalue weighted by atomic mass is 9.86. The third-order valence-electron chi connectivity index (χ3n) is 5.90. The van der Waals surface area contributed by atoms with Crippen molar-refractivity contribution in [2.75, 3.05) is 0 Å². The van der Waals surface area contributed by atoms with Gasteiger partial charge in [0.05, 0.1) is 0 Å². The number of fused-ring (bicyclic) bond motifs is 2. The summed E-state index contributed by atoms with van der Waals surface area (Å²) in [5.41, 5.74) is 6.71. The Bertz CT molecular complexity index is 851. The molecule has 28 heavy (non-hydrogen) atoms. The van der Waals surface area contributed by atoms with Crippen molar-refractivity contribution in [1.82, 2.24) is 25.6 Å². The van der Waals surface area contributed by atoms with E-state index in [0.29, 0.717) is 23.8 Å². The molecule has 2 bridgehead atoms. The van der Waals surface area contributed by atoms with Crippen molar-refractivity contribution in [3.8, 4) is 0 Å². The van der Waals surface area contributed by atoms with E-state index in [9.17, 15) is 9.59 Å². The molecule has 8 heteroatoms. The van der Waals surface area contributed by atoms with Crippen molar-refractivity contribution in [2.24, 2.45) is 24.8 Å². The molecule has 2 saturated carbocycles. The molecule has 1 aromatic carbocycles. The number of hydrogen-bond acceptors (Lipinski definition) is 5. The fourth-order valence-electron chi connectivity index (χ4n) is 4.42. The van der Waals surface area contributed by atoms with Crippen molar-refractivity contribution in [1.29, 1.82) is 0 Å². The first-order valence-electron chi connectivity index (χ1n) is 9.73. The van der Waals surface area contributed by atoms with Crippen molar-refractivity contribution in [3.05, 3.63) is 41.7 Å². The van der Waals surface area contributed by atoms with Crippen LogP contribution < -0.4 is 10.9 Å². The Balaban J connectivity index is 1.22.